The van der Waals surface area contributed by atoms with Crippen LogP contribution in [-0.4, -0.2) is 41.9 Å². The van der Waals surface area contributed by atoms with Crippen molar-refractivity contribution in [2.75, 3.05) is 11.4 Å². The molecule has 1 aromatic rings. The topological polar surface area (TPSA) is 82.1 Å². The van der Waals surface area contributed by atoms with Gasteiger partial charge in [0.15, 0.2) is 0 Å². The van der Waals surface area contributed by atoms with Crippen LogP contribution in [0.2, 0.25) is 0 Å². The Labute approximate surface area is 151 Å². The van der Waals surface area contributed by atoms with Crippen LogP contribution in [0.4, 0.5) is 5.69 Å². The van der Waals surface area contributed by atoms with Gasteiger partial charge in [0.25, 0.3) is 0 Å². The smallest absolute Gasteiger partial charge is 0.305 e. The van der Waals surface area contributed by atoms with Crippen molar-refractivity contribution in [3.05, 3.63) is 30.3 Å². The number of ether oxygens (including phenoxy) is 3. The first-order valence-electron chi connectivity index (χ1n) is 8.69. The molecule has 0 radical (unpaired) electrons. The highest BCUT2D eigenvalue weighted by atomic mass is 16.7. The van der Waals surface area contributed by atoms with E-state index in [4.69, 9.17) is 14.2 Å². The lowest BCUT2D eigenvalue weighted by molar-refractivity contribution is -0.275. The van der Waals surface area contributed by atoms with Crippen LogP contribution in [0.1, 0.15) is 27.2 Å². The molecule has 3 fully saturated rings. The highest BCUT2D eigenvalue weighted by Crippen LogP contribution is 2.61. The third-order valence-corrected chi connectivity index (χ3v) is 5.54. The summed E-state index contributed by atoms with van der Waals surface area (Å²) in [5.74, 6) is -3.26. The van der Waals surface area contributed by atoms with E-state index in [1.54, 1.807) is 4.90 Å². The first-order chi connectivity index (χ1) is 12.3. The van der Waals surface area contributed by atoms with E-state index >= 15 is 0 Å². The second-order valence-corrected chi connectivity index (χ2v) is 7.45. The van der Waals surface area contributed by atoms with Gasteiger partial charge in [-0.2, -0.15) is 0 Å². The summed E-state index contributed by atoms with van der Waals surface area (Å²) in [6, 6.07) is 9.21. The predicted molar refractivity (Wildman–Crippen MR) is 89.9 cm³/mol. The van der Waals surface area contributed by atoms with Crippen molar-refractivity contribution in [1.29, 1.82) is 0 Å². The third-order valence-electron chi connectivity index (χ3n) is 5.54. The van der Waals surface area contributed by atoms with Gasteiger partial charge in [0.05, 0.1) is 18.4 Å². The molecular weight excluding hydrogens is 338 g/mol. The number of piperidine rings is 1. The number of nitrogens with zero attached hydrogens (tertiary/aromatic N) is 1. The van der Waals surface area contributed by atoms with Crippen molar-refractivity contribution in [2.45, 2.75) is 44.7 Å². The Bertz CT molecular complexity index is 779. The molecule has 1 amide bonds. The van der Waals surface area contributed by atoms with Gasteiger partial charge in [0, 0.05) is 19.5 Å². The second kappa shape index (κ2) is 5.54. The van der Waals surface area contributed by atoms with Crippen LogP contribution in [0.3, 0.4) is 0 Å². The molecule has 2 heterocycles. The van der Waals surface area contributed by atoms with Crippen LogP contribution >= 0.6 is 0 Å². The number of rotatable bonds is 3. The van der Waals surface area contributed by atoms with Crippen LogP contribution < -0.4 is 4.90 Å². The zero-order valence-electron chi connectivity index (χ0n) is 14.9. The Morgan fingerprint density at radius 3 is 2.50 bits per heavy atom. The molecular formula is C19H21NO6. The van der Waals surface area contributed by atoms with Crippen LogP contribution in [0, 0.1) is 11.8 Å². The molecule has 2 aliphatic heterocycles. The SMILES string of the molecule is CC(=O)O[C@@H]1[C@@H]2[C@H]3C[C@@]1(C)O[C@@]2(OC(C)=O)CN(c1ccccc1)C3=O. The van der Waals surface area contributed by atoms with Gasteiger partial charge < -0.3 is 19.1 Å². The molecule has 0 spiro atoms. The molecule has 0 unspecified atom stereocenters. The molecule has 7 nitrogen and oxygen atoms in total. The number of anilines is 1. The fourth-order valence-electron chi connectivity index (χ4n) is 4.81. The summed E-state index contributed by atoms with van der Waals surface area (Å²) in [6.45, 7) is 4.52. The monoisotopic (exact) mass is 359 g/mol. The van der Waals surface area contributed by atoms with Crippen LogP contribution in [0.5, 0.6) is 0 Å². The molecule has 1 aromatic carbocycles. The van der Waals surface area contributed by atoms with Gasteiger partial charge in [-0.25, -0.2) is 0 Å². The number of hydrogen-bond donors (Lipinski definition) is 0. The van der Waals surface area contributed by atoms with E-state index < -0.39 is 41.3 Å². The molecule has 1 aliphatic carbocycles. The normalized spacial score (nSPS) is 37.6. The minimum Gasteiger partial charge on any atom is -0.459 e. The van der Waals surface area contributed by atoms with Crippen LogP contribution in [0.25, 0.3) is 0 Å². The van der Waals surface area contributed by atoms with E-state index in [0.29, 0.717) is 6.42 Å². The van der Waals surface area contributed by atoms with E-state index in [-0.39, 0.29) is 12.5 Å². The average Bonchev–Trinajstić information content (AvgIpc) is 2.96. The van der Waals surface area contributed by atoms with Gasteiger partial charge in [0.2, 0.25) is 11.7 Å². The largest absolute Gasteiger partial charge is 0.459 e. The van der Waals surface area contributed by atoms with Crippen LogP contribution in [0.15, 0.2) is 30.3 Å². The molecule has 1 saturated carbocycles. The molecule has 138 valence electrons. The minimum atomic E-state index is -1.31. The number of para-hydroxylation sites is 1. The second-order valence-electron chi connectivity index (χ2n) is 7.45. The van der Waals surface area contributed by atoms with E-state index in [1.165, 1.54) is 13.8 Å². The zero-order valence-corrected chi connectivity index (χ0v) is 14.9. The Kier molecular flexibility index (Phi) is 3.63. The number of carbonyl (C=O) groups excluding carboxylic acids is 3. The number of amides is 1. The van der Waals surface area contributed by atoms with E-state index in [0.717, 1.165) is 5.69 Å². The standard InChI is InChI=1S/C19H21NO6/c1-11(21)24-16-15-14-9-18(16,3)26-19(15,25-12(2)22)10-20(17(14)23)13-7-5-4-6-8-13/h4-8,14-16H,9-10H2,1-3H3/t14-,15+,16-,18-,19+/m1/s1. The van der Waals surface area contributed by atoms with Crippen LogP contribution in [-0.2, 0) is 28.6 Å². The van der Waals surface area contributed by atoms with E-state index in [2.05, 4.69) is 0 Å². The lowest BCUT2D eigenvalue weighted by Crippen LogP contribution is -2.64. The number of hydrogen-bond acceptors (Lipinski definition) is 6. The van der Waals surface area contributed by atoms with Gasteiger partial charge in [0.1, 0.15) is 11.7 Å². The van der Waals surface area contributed by atoms with Crippen molar-refractivity contribution < 1.29 is 28.6 Å². The van der Waals surface area contributed by atoms with Gasteiger partial charge in [-0.3, -0.25) is 14.4 Å². The summed E-state index contributed by atoms with van der Waals surface area (Å²) >= 11 is 0. The maximum absolute atomic E-state index is 13.2. The Balaban J connectivity index is 1.77. The number of benzene rings is 1. The quantitative estimate of drug-likeness (QED) is 0.763. The summed E-state index contributed by atoms with van der Waals surface area (Å²) in [7, 11) is 0. The number of esters is 2. The number of carbonyl (C=O) groups is 3. The Hall–Kier alpha value is -2.41. The average molecular weight is 359 g/mol. The fraction of sp³-hybridized carbons (Fsp3) is 0.526. The van der Waals surface area contributed by atoms with Crippen molar-refractivity contribution in [1.82, 2.24) is 0 Å². The molecule has 26 heavy (non-hydrogen) atoms. The summed E-state index contributed by atoms with van der Waals surface area (Å²) in [6.07, 6.45) is -0.202. The maximum Gasteiger partial charge on any atom is 0.305 e. The highest BCUT2D eigenvalue weighted by molar-refractivity contribution is 5.97. The van der Waals surface area contributed by atoms with Crippen molar-refractivity contribution in [3.63, 3.8) is 0 Å². The lowest BCUT2D eigenvalue weighted by atomic mass is 9.81. The molecule has 7 heteroatoms. The van der Waals surface area contributed by atoms with Crippen molar-refractivity contribution >= 4 is 23.5 Å². The van der Waals surface area contributed by atoms with E-state index in [9.17, 15) is 14.4 Å². The highest BCUT2D eigenvalue weighted by Gasteiger charge is 2.76. The lowest BCUT2D eigenvalue weighted by Gasteiger charge is -2.48. The van der Waals surface area contributed by atoms with Gasteiger partial charge in [-0.15, -0.1) is 0 Å². The predicted octanol–water partition coefficient (Wildman–Crippen LogP) is 1.65. The first kappa shape index (κ1) is 17.0. The molecule has 5 atom stereocenters. The first-order valence-corrected chi connectivity index (χ1v) is 8.69. The molecule has 3 aliphatic rings. The van der Waals surface area contributed by atoms with Gasteiger partial charge >= 0.3 is 11.9 Å². The zero-order chi connectivity index (χ0) is 18.7. The minimum absolute atomic E-state index is 0.0619. The van der Waals surface area contributed by atoms with Gasteiger partial charge in [-0.1, -0.05) is 18.2 Å². The van der Waals surface area contributed by atoms with Crippen molar-refractivity contribution in [2.24, 2.45) is 11.8 Å². The summed E-state index contributed by atoms with van der Waals surface area (Å²) in [5.41, 5.74) is -0.134. The molecule has 2 bridgehead atoms. The van der Waals surface area contributed by atoms with Gasteiger partial charge in [-0.05, 0) is 25.5 Å². The third kappa shape index (κ3) is 2.34. The Morgan fingerprint density at radius 1 is 1.19 bits per heavy atom. The fourth-order valence-corrected chi connectivity index (χ4v) is 4.81. The molecule has 0 aromatic heterocycles. The van der Waals surface area contributed by atoms with E-state index in [1.807, 2.05) is 37.3 Å². The summed E-state index contributed by atoms with van der Waals surface area (Å²) in [5, 5.41) is 0. The maximum atomic E-state index is 13.2. The Morgan fingerprint density at radius 2 is 1.88 bits per heavy atom. The molecule has 4 rings (SSSR count). The summed E-state index contributed by atoms with van der Waals surface area (Å²) < 4.78 is 17.4. The van der Waals surface area contributed by atoms with Crippen molar-refractivity contribution in [3.8, 4) is 0 Å². The summed E-state index contributed by atoms with van der Waals surface area (Å²) in [4.78, 5) is 38.2. The molecule has 2 saturated heterocycles. The number of fused-ring (bicyclic) bond motifs is 1. The molecule has 0 N–H and O–H groups in total.